The SMILES string of the molecule is C=C1C[C@]23C[C@@]1(O)CC[C@H]2[C@@]12C=C[C@H](OC(C)=O)C(C)(C(=O)O1)[C@H]2C3C(=O)[O-]. The van der Waals surface area contributed by atoms with Gasteiger partial charge in [0.1, 0.15) is 17.1 Å². The molecule has 4 aliphatic carbocycles. The van der Waals surface area contributed by atoms with Gasteiger partial charge in [0.25, 0.3) is 0 Å². The van der Waals surface area contributed by atoms with Gasteiger partial charge in [-0.25, -0.2) is 0 Å². The fourth-order valence-electron chi connectivity index (χ4n) is 7.44. The highest BCUT2D eigenvalue weighted by atomic mass is 16.6. The first kappa shape index (κ1) is 17.9. The standard InChI is InChI=1S/C21H24O7/c1-10-8-19-9-20(10,26)6-4-12(19)21-7-5-13(27-11(2)22)18(3,17(25)28-21)15(21)14(19)16(23)24/h5,7,12-15,26H,1,4,6,8-9H2,2-3H3,(H,23,24)/p-1/t12-,13+,14?,15-,18?,19+,20+,21-/m1/s1. The first-order valence-electron chi connectivity index (χ1n) is 9.73. The molecule has 7 heteroatoms. The monoisotopic (exact) mass is 387 g/mol. The van der Waals surface area contributed by atoms with E-state index in [-0.39, 0.29) is 12.3 Å². The van der Waals surface area contributed by atoms with Crippen molar-refractivity contribution >= 4 is 17.9 Å². The van der Waals surface area contributed by atoms with Gasteiger partial charge in [-0.2, -0.15) is 0 Å². The van der Waals surface area contributed by atoms with Gasteiger partial charge < -0.3 is 24.5 Å². The predicted molar refractivity (Wildman–Crippen MR) is 92.1 cm³/mol. The second-order valence-corrected chi connectivity index (χ2v) is 9.50. The molecule has 4 bridgehead atoms. The number of carbonyl (C=O) groups excluding carboxylic acids is 3. The molecule has 2 unspecified atom stereocenters. The quantitative estimate of drug-likeness (QED) is 0.534. The molecule has 0 aromatic heterocycles. The number of carboxylic acids is 1. The molecule has 0 aromatic rings. The number of hydrogen-bond donors (Lipinski definition) is 1. The summed E-state index contributed by atoms with van der Waals surface area (Å²) >= 11 is 0. The van der Waals surface area contributed by atoms with Crippen molar-refractivity contribution in [3.05, 3.63) is 24.3 Å². The Balaban J connectivity index is 1.73. The summed E-state index contributed by atoms with van der Waals surface area (Å²) in [6.45, 7) is 6.90. The van der Waals surface area contributed by atoms with Gasteiger partial charge in [0.15, 0.2) is 0 Å². The van der Waals surface area contributed by atoms with Gasteiger partial charge in [-0.1, -0.05) is 6.58 Å². The van der Waals surface area contributed by atoms with E-state index in [1.165, 1.54) is 6.92 Å². The molecular weight excluding hydrogens is 364 g/mol. The van der Waals surface area contributed by atoms with Crippen LogP contribution in [0.3, 0.4) is 0 Å². The Bertz CT molecular complexity index is 876. The molecule has 1 spiro atoms. The molecule has 0 aromatic carbocycles. The zero-order valence-electron chi connectivity index (χ0n) is 15.9. The molecule has 0 amide bonds. The van der Waals surface area contributed by atoms with Crippen LogP contribution in [0.25, 0.3) is 0 Å². The van der Waals surface area contributed by atoms with E-state index in [9.17, 15) is 24.6 Å². The van der Waals surface area contributed by atoms with Gasteiger partial charge in [0.05, 0.1) is 5.60 Å². The first-order valence-corrected chi connectivity index (χ1v) is 9.73. The molecular formula is C21H23O7-. The molecule has 0 radical (unpaired) electrons. The number of fused-ring (bicyclic) bond motifs is 1. The van der Waals surface area contributed by atoms with Crippen molar-refractivity contribution in [3.63, 3.8) is 0 Å². The summed E-state index contributed by atoms with van der Waals surface area (Å²) in [4.78, 5) is 37.1. The molecule has 7 nitrogen and oxygen atoms in total. The van der Waals surface area contributed by atoms with Crippen molar-refractivity contribution in [2.75, 3.05) is 0 Å². The third-order valence-electron chi connectivity index (χ3n) is 8.37. The molecule has 3 saturated carbocycles. The normalized spacial score (nSPS) is 52.8. The number of ether oxygens (including phenoxy) is 2. The second-order valence-electron chi connectivity index (χ2n) is 9.50. The van der Waals surface area contributed by atoms with Crippen LogP contribution in [0.5, 0.6) is 0 Å². The maximum absolute atomic E-state index is 13.0. The van der Waals surface area contributed by atoms with Crippen LogP contribution in [0.1, 0.15) is 39.5 Å². The van der Waals surface area contributed by atoms with Gasteiger partial charge in [0.2, 0.25) is 0 Å². The van der Waals surface area contributed by atoms with Crippen LogP contribution >= 0.6 is 0 Å². The van der Waals surface area contributed by atoms with Crippen molar-refractivity contribution in [2.45, 2.75) is 56.8 Å². The van der Waals surface area contributed by atoms with E-state index in [1.54, 1.807) is 19.1 Å². The smallest absolute Gasteiger partial charge is 0.317 e. The fourth-order valence-corrected chi connectivity index (χ4v) is 7.44. The average molecular weight is 387 g/mol. The van der Waals surface area contributed by atoms with Gasteiger partial charge in [-0.3, -0.25) is 9.59 Å². The highest BCUT2D eigenvalue weighted by Crippen LogP contribution is 2.77. The first-order chi connectivity index (χ1) is 13.0. The average Bonchev–Trinajstić information content (AvgIpc) is 3.00. The summed E-state index contributed by atoms with van der Waals surface area (Å²) in [6.07, 6.45) is 4.13. The summed E-state index contributed by atoms with van der Waals surface area (Å²) in [5, 5.41) is 23.5. The molecule has 1 aliphatic heterocycles. The Morgan fingerprint density at radius 2 is 2.14 bits per heavy atom. The van der Waals surface area contributed by atoms with E-state index >= 15 is 0 Å². The number of aliphatic hydroxyl groups is 1. The highest BCUT2D eigenvalue weighted by Gasteiger charge is 2.82. The van der Waals surface area contributed by atoms with Crippen LogP contribution in [0.15, 0.2) is 24.3 Å². The topological polar surface area (TPSA) is 113 Å². The van der Waals surface area contributed by atoms with Crippen molar-refractivity contribution in [3.8, 4) is 0 Å². The number of esters is 2. The lowest BCUT2D eigenvalue weighted by atomic mass is 9.61. The third-order valence-corrected chi connectivity index (χ3v) is 8.37. The lowest BCUT2D eigenvalue weighted by Gasteiger charge is -2.45. The molecule has 5 aliphatic rings. The minimum Gasteiger partial charge on any atom is -0.550 e. The summed E-state index contributed by atoms with van der Waals surface area (Å²) < 4.78 is 11.3. The van der Waals surface area contributed by atoms with Crippen molar-refractivity contribution < 1.29 is 34.1 Å². The largest absolute Gasteiger partial charge is 0.550 e. The van der Waals surface area contributed by atoms with E-state index in [0.717, 1.165) is 0 Å². The molecule has 5 rings (SSSR count). The molecule has 1 saturated heterocycles. The Morgan fingerprint density at radius 3 is 2.79 bits per heavy atom. The lowest BCUT2D eigenvalue weighted by Crippen LogP contribution is -2.54. The van der Waals surface area contributed by atoms with Gasteiger partial charge in [-0.05, 0) is 55.7 Å². The molecule has 8 atom stereocenters. The van der Waals surface area contributed by atoms with Crippen molar-refractivity contribution in [1.82, 2.24) is 0 Å². The predicted octanol–water partition coefficient (Wildman–Crippen LogP) is 0.263. The Labute approximate surface area is 162 Å². The van der Waals surface area contributed by atoms with Crippen LogP contribution in [0.4, 0.5) is 0 Å². The van der Waals surface area contributed by atoms with Crippen LogP contribution in [0, 0.1) is 28.6 Å². The van der Waals surface area contributed by atoms with E-state index in [4.69, 9.17) is 9.47 Å². The third kappa shape index (κ3) is 1.69. The maximum Gasteiger partial charge on any atom is 0.317 e. The summed E-state index contributed by atoms with van der Waals surface area (Å²) in [6, 6.07) is 0. The molecule has 1 N–H and O–H groups in total. The van der Waals surface area contributed by atoms with Crippen LogP contribution < -0.4 is 5.11 Å². The highest BCUT2D eigenvalue weighted by molar-refractivity contribution is 5.86. The Kier molecular flexibility index (Phi) is 3.12. The molecule has 1 heterocycles. The van der Waals surface area contributed by atoms with Crippen LogP contribution in [-0.2, 0) is 23.9 Å². The van der Waals surface area contributed by atoms with E-state index in [0.29, 0.717) is 24.8 Å². The Morgan fingerprint density at radius 1 is 1.43 bits per heavy atom. The summed E-state index contributed by atoms with van der Waals surface area (Å²) in [7, 11) is 0. The van der Waals surface area contributed by atoms with Gasteiger partial charge in [-0.15, -0.1) is 0 Å². The Hall–Kier alpha value is -2.15. The van der Waals surface area contributed by atoms with Gasteiger partial charge >= 0.3 is 11.9 Å². The maximum atomic E-state index is 13.0. The molecule has 28 heavy (non-hydrogen) atoms. The number of rotatable bonds is 2. The number of hydrogen-bond acceptors (Lipinski definition) is 7. The van der Waals surface area contributed by atoms with Crippen LogP contribution in [-0.4, -0.2) is 40.3 Å². The summed E-state index contributed by atoms with van der Waals surface area (Å²) in [5.74, 6) is -4.35. The number of carboxylic acid groups (broad SMARTS) is 1. The zero-order chi connectivity index (χ0) is 20.3. The zero-order valence-corrected chi connectivity index (χ0v) is 15.9. The lowest BCUT2D eigenvalue weighted by molar-refractivity contribution is -0.318. The minimum atomic E-state index is -1.32. The molecule has 4 fully saturated rings. The van der Waals surface area contributed by atoms with Crippen molar-refractivity contribution in [1.29, 1.82) is 0 Å². The van der Waals surface area contributed by atoms with E-state index in [2.05, 4.69) is 6.58 Å². The van der Waals surface area contributed by atoms with Crippen molar-refractivity contribution in [2.24, 2.45) is 28.6 Å². The summed E-state index contributed by atoms with van der Waals surface area (Å²) in [5.41, 5.74) is -3.63. The van der Waals surface area contributed by atoms with E-state index in [1.807, 2.05) is 0 Å². The number of carbonyl (C=O) groups is 3. The fraction of sp³-hybridized carbons (Fsp3) is 0.667. The minimum absolute atomic E-state index is 0.257. The van der Waals surface area contributed by atoms with Gasteiger partial charge in [0, 0.05) is 30.6 Å². The molecule has 150 valence electrons. The number of aliphatic carboxylic acids is 1. The van der Waals surface area contributed by atoms with E-state index < -0.39 is 57.9 Å². The second kappa shape index (κ2) is 4.87. The van der Waals surface area contributed by atoms with Crippen LogP contribution in [0.2, 0.25) is 0 Å².